The Balaban J connectivity index is 2.58. The lowest BCUT2D eigenvalue weighted by Crippen LogP contribution is -2.10. The van der Waals surface area contributed by atoms with Crippen LogP contribution in [0.2, 0.25) is 0 Å². The number of esters is 1. The number of aryl methyl sites for hydroxylation is 1. The molecule has 0 atom stereocenters. The highest BCUT2D eigenvalue weighted by molar-refractivity contribution is 9.14. The average Bonchev–Trinajstić information content (AvgIpc) is 2.43. The maximum atomic E-state index is 11.1. The van der Waals surface area contributed by atoms with Crippen LogP contribution in [0.1, 0.15) is 13.3 Å². The Morgan fingerprint density at radius 1 is 1.47 bits per heavy atom. The molecule has 15 heavy (non-hydrogen) atoms. The lowest BCUT2D eigenvalue weighted by Gasteiger charge is -2.03. The predicted molar refractivity (Wildman–Crippen MR) is 66.6 cm³/mol. The van der Waals surface area contributed by atoms with E-state index in [2.05, 4.69) is 52.9 Å². The lowest BCUT2D eigenvalue weighted by molar-refractivity contribution is -0.143. The van der Waals surface area contributed by atoms with Crippen molar-refractivity contribution in [2.24, 2.45) is 0 Å². The smallest absolute Gasteiger partial charge is 0.307 e. The van der Waals surface area contributed by atoms with Crippen molar-refractivity contribution in [2.75, 3.05) is 6.61 Å². The summed E-state index contributed by atoms with van der Waals surface area (Å²) in [5.74, 6) is -0.216. The third-order valence-corrected chi connectivity index (χ3v) is 4.81. The summed E-state index contributed by atoms with van der Waals surface area (Å²) >= 11 is 9.99. The molecule has 1 rings (SSSR count). The van der Waals surface area contributed by atoms with E-state index in [1.807, 2.05) is 0 Å². The number of carbonyl (C=O) groups is 1. The number of halogens is 3. The second-order valence-electron chi connectivity index (χ2n) is 2.67. The van der Waals surface area contributed by atoms with Crippen LogP contribution in [-0.4, -0.2) is 22.4 Å². The quantitative estimate of drug-likeness (QED) is 0.724. The average molecular weight is 405 g/mol. The van der Waals surface area contributed by atoms with E-state index in [1.54, 1.807) is 11.6 Å². The van der Waals surface area contributed by atoms with Gasteiger partial charge in [-0.3, -0.25) is 9.48 Å². The van der Waals surface area contributed by atoms with Gasteiger partial charge >= 0.3 is 5.97 Å². The highest BCUT2D eigenvalue weighted by atomic mass is 79.9. The summed E-state index contributed by atoms with van der Waals surface area (Å²) in [5.41, 5.74) is 0. The van der Waals surface area contributed by atoms with Crippen LogP contribution in [0.4, 0.5) is 0 Å². The molecule has 1 aromatic heterocycles. The molecule has 0 saturated carbocycles. The molecule has 1 heterocycles. The van der Waals surface area contributed by atoms with E-state index in [0.717, 1.165) is 9.08 Å². The molecule has 7 heteroatoms. The molecule has 84 valence electrons. The molecule has 0 radical (unpaired) electrons. The molecule has 0 aromatic carbocycles. The van der Waals surface area contributed by atoms with E-state index >= 15 is 0 Å². The fourth-order valence-electron chi connectivity index (χ4n) is 0.971. The van der Waals surface area contributed by atoms with E-state index in [4.69, 9.17) is 4.74 Å². The molecule has 4 nitrogen and oxygen atoms in total. The van der Waals surface area contributed by atoms with Gasteiger partial charge in [-0.1, -0.05) is 0 Å². The first-order chi connectivity index (χ1) is 7.06. The zero-order valence-electron chi connectivity index (χ0n) is 7.97. The van der Waals surface area contributed by atoms with Gasteiger partial charge in [0.15, 0.2) is 0 Å². The Morgan fingerprint density at radius 2 is 2.13 bits per heavy atom. The third-order valence-electron chi connectivity index (χ3n) is 1.63. The Morgan fingerprint density at radius 3 is 2.60 bits per heavy atom. The standard InChI is InChI=1S/C8H9Br3N2O2/c1-2-15-5(14)3-4-13-8(11)6(9)7(10)12-13/h2-4H2,1H3. The zero-order chi connectivity index (χ0) is 11.4. The first-order valence-corrected chi connectivity index (χ1v) is 6.67. The van der Waals surface area contributed by atoms with Crippen molar-refractivity contribution in [3.63, 3.8) is 0 Å². The molecular weight excluding hydrogens is 396 g/mol. The summed E-state index contributed by atoms with van der Waals surface area (Å²) in [6.07, 6.45) is 0.312. The minimum Gasteiger partial charge on any atom is -0.466 e. The van der Waals surface area contributed by atoms with E-state index in [9.17, 15) is 4.79 Å². The number of rotatable bonds is 4. The van der Waals surface area contributed by atoms with Crippen molar-refractivity contribution in [1.82, 2.24) is 9.78 Å². The van der Waals surface area contributed by atoms with Crippen LogP contribution in [0.25, 0.3) is 0 Å². The van der Waals surface area contributed by atoms with Gasteiger partial charge in [-0.05, 0) is 54.7 Å². The van der Waals surface area contributed by atoms with Gasteiger partial charge in [-0.25, -0.2) is 0 Å². The lowest BCUT2D eigenvalue weighted by atomic mass is 10.4. The van der Waals surface area contributed by atoms with Crippen molar-refractivity contribution < 1.29 is 9.53 Å². The fraction of sp³-hybridized carbons (Fsp3) is 0.500. The topological polar surface area (TPSA) is 44.1 Å². The van der Waals surface area contributed by atoms with Crippen molar-refractivity contribution in [2.45, 2.75) is 19.9 Å². The Bertz CT molecular complexity index is 365. The Hall–Kier alpha value is 0.120. The molecule has 0 amide bonds. The van der Waals surface area contributed by atoms with Crippen LogP contribution in [0.3, 0.4) is 0 Å². The van der Waals surface area contributed by atoms with Crippen molar-refractivity contribution >= 4 is 53.8 Å². The molecule has 0 saturated heterocycles. The van der Waals surface area contributed by atoms with Crippen molar-refractivity contribution in [3.8, 4) is 0 Å². The monoisotopic (exact) mass is 402 g/mol. The second kappa shape index (κ2) is 6.00. The van der Waals surface area contributed by atoms with Gasteiger partial charge in [0.05, 0.1) is 24.0 Å². The van der Waals surface area contributed by atoms with E-state index < -0.39 is 0 Å². The van der Waals surface area contributed by atoms with Crippen LogP contribution in [0.5, 0.6) is 0 Å². The maximum Gasteiger partial charge on any atom is 0.307 e. The van der Waals surface area contributed by atoms with Gasteiger partial charge in [0.2, 0.25) is 0 Å². The molecule has 0 aliphatic carbocycles. The van der Waals surface area contributed by atoms with Gasteiger partial charge < -0.3 is 4.74 Å². The maximum absolute atomic E-state index is 11.1. The molecule has 0 aliphatic rings. The fourth-order valence-corrected chi connectivity index (χ4v) is 2.34. The van der Waals surface area contributed by atoms with Crippen molar-refractivity contribution in [1.29, 1.82) is 0 Å². The minimum absolute atomic E-state index is 0.216. The molecule has 0 unspecified atom stereocenters. The summed E-state index contributed by atoms with van der Waals surface area (Å²) in [6.45, 7) is 2.69. The molecule has 0 aliphatic heterocycles. The predicted octanol–water partition coefficient (Wildman–Crippen LogP) is 3.12. The van der Waals surface area contributed by atoms with Gasteiger partial charge in [-0.2, -0.15) is 5.10 Å². The number of hydrogen-bond donors (Lipinski definition) is 0. The largest absolute Gasteiger partial charge is 0.466 e. The number of aromatic nitrogens is 2. The van der Waals surface area contributed by atoms with Crippen LogP contribution < -0.4 is 0 Å². The Labute approximate surface area is 113 Å². The highest BCUT2D eigenvalue weighted by Crippen LogP contribution is 2.30. The zero-order valence-corrected chi connectivity index (χ0v) is 12.7. The summed E-state index contributed by atoms with van der Waals surface area (Å²) in [4.78, 5) is 11.1. The van der Waals surface area contributed by atoms with E-state index in [-0.39, 0.29) is 5.97 Å². The molecule has 0 spiro atoms. The van der Waals surface area contributed by atoms with Gasteiger partial charge in [-0.15, -0.1) is 0 Å². The molecule has 0 fully saturated rings. The number of carbonyl (C=O) groups excluding carboxylic acids is 1. The number of nitrogens with zero attached hydrogens (tertiary/aromatic N) is 2. The molecule has 0 bridgehead atoms. The second-order valence-corrected chi connectivity index (χ2v) is 4.97. The van der Waals surface area contributed by atoms with Gasteiger partial charge in [0.25, 0.3) is 0 Å². The molecule has 0 N–H and O–H groups in total. The molecular formula is C8H9Br3N2O2. The summed E-state index contributed by atoms with van der Waals surface area (Å²) in [6, 6.07) is 0. The van der Waals surface area contributed by atoms with Crippen LogP contribution >= 0.6 is 47.8 Å². The van der Waals surface area contributed by atoms with E-state index in [1.165, 1.54) is 0 Å². The van der Waals surface area contributed by atoms with Crippen LogP contribution in [-0.2, 0) is 16.1 Å². The minimum atomic E-state index is -0.216. The summed E-state index contributed by atoms with van der Waals surface area (Å²) < 4.78 is 8.86. The first kappa shape index (κ1) is 13.2. The SMILES string of the molecule is CCOC(=O)CCn1nc(Br)c(Br)c1Br. The first-order valence-electron chi connectivity index (χ1n) is 4.29. The summed E-state index contributed by atoms with van der Waals surface area (Å²) in [7, 11) is 0. The Kier molecular flexibility index (Phi) is 5.28. The van der Waals surface area contributed by atoms with Crippen molar-refractivity contribution in [3.05, 3.63) is 13.7 Å². The normalized spacial score (nSPS) is 10.4. The van der Waals surface area contributed by atoms with Gasteiger partial charge in [0, 0.05) is 0 Å². The highest BCUT2D eigenvalue weighted by Gasteiger charge is 2.12. The summed E-state index contributed by atoms with van der Waals surface area (Å²) in [5, 5.41) is 4.17. The molecule has 1 aromatic rings. The van der Waals surface area contributed by atoms with Crippen LogP contribution in [0.15, 0.2) is 13.7 Å². The van der Waals surface area contributed by atoms with Crippen LogP contribution in [0, 0.1) is 0 Å². The number of ether oxygens (including phenoxy) is 1. The van der Waals surface area contributed by atoms with E-state index in [0.29, 0.717) is 24.2 Å². The number of hydrogen-bond acceptors (Lipinski definition) is 3. The third kappa shape index (κ3) is 3.57. The van der Waals surface area contributed by atoms with Gasteiger partial charge in [0.1, 0.15) is 9.21 Å².